The van der Waals surface area contributed by atoms with Crippen LogP contribution in [0.5, 0.6) is 5.75 Å². The molecule has 0 aliphatic rings. The highest BCUT2D eigenvalue weighted by Crippen LogP contribution is 2.29. The van der Waals surface area contributed by atoms with Crippen LogP contribution in [0.2, 0.25) is 0 Å². The van der Waals surface area contributed by atoms with Gasteiger partial charge in [0.05, 0.1) is 0 Å². The fourth-order valence-electron chi connectivity index (χ4n) is 3.05. The van der Waals surface area contributed by atoms with Crippen molar-refractivity contribution in [3.05, 3.63) is 65.4 Å². The van der Waals surface area contributed by atoms with Crippen molar-refractivity contribution in [3.63, 3.8) is 0 Å². The summed E-state index contributed by atoms with van der Waals surface area (Å²) >= 11 is 0. The van der Waals surface area contributed by atoms with E-state index in [1.165, 1.54) is 27.6 Å². The van der Waals surface area contributed by atoms with Crippen LogP contribution in [0.15, 0.2) is 48.7 Å². The number of aryl methyl sites for hydroxylation is 1. The van der Waals surface area contributed by atoms with Gasteiger partial charge in [-0.25, -0.2) is 0 Å². The summed E-state index contributed by atoms with van der Waals surface area (Å²) in [5, 5.41) is 1.23. The van der Waals surface area contributed by atoms with Gasteiger partial charge >= 0.3 is 0 Å². The van der Waals surface area contributed by atoms with Gasteiger partial charge in [-0.3, -0.25) is 0 Å². The second kappa shape index (κ2) is 6.47. The number of rotatable bonds is 5. The summed E-state index contributed by atoms with van der Waals surface area (Å²) in [6.45, 7) is 7.55. The van der Waals surface area contributed by atoms with Gasteiger partial charge in [-0.05, 0) is 50.1 Å². The summed E-state index contributed by atoms with van der Waals surface area (Å²) in [6, 6.07) is 14.9. The van der Waals surface area contributed by atoms with Crippen molar-refractivity contribution in [1.82, 2.24) is 4.57 Å². The third-order valence-electron chi connectivity index (χ3n) is 4.18. The molecule has 3 nitrogen and oxygen atoms in total. The molecule has 1 heterocycles. The minimum absolute atomic E-state index is 0.401. The molecular formula is C20H24N2O. The van der Waals surface area contributed by atoms with Crippen molar-refractivity contribution < 1.29 is 4.74 Å². The van der Waals surface area contributed by atoms with Gasteiger partial charge in [-0.15, -0.1) is 0 Å². The Kier molecular flexibility index (Phi) is 4.39. The van der Waals surface area contributed by atoms with E-state index in [0.29, 0.717) is 19.2 Å². The monoisotopic (exact) mass is 308 g/mol. The average Bonchev–Trinajstić information content (AvgIpc) is 2.92. The number of hydrogen-bond donors (Lipinski definition) is 1. The molecule has 0 unspecified atom stereocenters. The molecule has 0 spiro atoms. The molecule has 3 aromatic rings. The summed E-state index contributed by atoms with van der Waals surface area (Å²) in [4.78, 5) is 0. The first-order valence-electron chi connectivity index (χ1n) is 8.11. The molecule has 0 bridgehead atoms. The van der Waals surface area contributed by atoms with E-state index >= 15 is 0 Å². The highest BCUT2D eigenvalue weighted by molar-refractivity contribution is 5.87. The Morgan fingerprint density at radius 1 is 1.09 bits per heavy atom. The summed E-state index contributed by atoms with van der Waals surface area (Å²) in [5.74, 6) is 0.903. The van der Waals surface area contributed by atoms with Crippen molar-refractivity contribution in [2.24, 2.45) is 5.73 Å². The Bertz CT molecular complexity index is 818. The highest BCUT2D eigenvalue weighted by Gasteiger charge is 2.14. The highest BCUT2D eigenvalue weighted by atomic mass is 16.5. The van der Waals surface area contributed by atoms with Crippen molar-refractivity contribution in [2.45, 2.75) is 40.0 Å². The van der Waals surface area contributed by atoms with E-state index < -0.39 is 0 Å². The van der Waals surface area contributed by atoms with Crippen molar-refractivity contribution in [1.29, 1.82) is 0 Å². The van der Waals surface area contributed by atoms with Crippen LogP contribution >= 0.6 is 0 Å². The van der Waals surface area contributed by atoms with E-state index in [0.717, 1.165) is 5.75 Å². The largest absolute Gasteiger partial charge is 0.489 e. The van der Waals surface area contributed by atoms with Crippen LogP contribution in [0.4, 0.5) is 0 Å². The molecule has 1 aromatic heterocycles. The fourth-order valence-corrected chi connectivity index (χ4v) is 3.05. The van der Waals surface area contributed by atoms with Crippen molar-refractivity contribution in [3.8, 4) is 5.75 Å². The lowest BCUT2D eigenvalue weighted by Crippen LogP contribution is -2.00. The lowest BCUT2D eigenvalue weighted by molar-refractivity contribution is 0.307. The normalized spacial score (nSPS) is 11.3. The fraction of sp³-hybridized carbons (Fsp3) is 0.300. The predicted octanol–water partition coefficient (Wildman–Crippen LogP) is 4.57. The minimum atomic E-state index is 0.401. The molecule has 0 aliphatic carbocycles. The van der Waals surface area contributed by atoms with Crippen LogP contribution in [0.3, 0.4) is 0 Å². The zero-order valence-corrected chi connectivity index (χ0v) is 14.0. The molecular weight excluding hydrogens is 284 g/mol. The van der Waals surface area contributed by atoms with E-state index in [1.807, 2.05) is 12.1 Å². The maximum atomic E-state index is 6.02. The second-order valence-corrected chi connectivity index (χ2v) is 6.28. The zero-order valence-electron chi connectivity index (χ0n) is 14.0. The summed E-state index contributed by atoms with van der Waals surface area (Å²) < 4.78 is 8.31. The van der Waals surface area contributed by atoms with Crippen LogP contribution in [0.1, 0.15) is 36.6 Å². The predicted molar refractivity (Wildman–Crippen MR) is 95.7 cm³/mol. The van der Waals surface area contributed by atoms with Crippen LogP contribution < -0.4 is 10.5 Å². The smallest absolute Gasteiger partial charge is 0.120 e. The molecule has 0 saturated heterocycles. The maximum absolute atomic E-state index is 6.02. The van der Waals surface area contributed by atoms with E-state index in [-0.39, 0.29) is 0 Å². The molecule has 0 saturated carbocycles. The molecule has 3 rings (SSSR count). The van der Waals surface area contributed by atoms with Gasteiger partial charge in [0, 0.05) is 35.2 Å². The van der Waals surface area contributed by atoms with Crippen LogP contribution in [0.25, 0.3) is 10.9 Å². The van der Waals surface area contributed by atoms with Gasteiger partial charge in [-0.1, -0.05) is 24.3 Å². The van der Waals surface area contributed by atoms with Crippen LogP contribution in [0, 0.1) is 6.92 Å². The topological polar surface area (TPSA) is 40.2 Å². The van der Waals surface area contributed by atoms with Gasteiger partial charge in [0.2, 0.25) is 0 Å². The third kappa shape index (κ3) is 3.10. The first-order chi connectivity index (χ1) is 11.1. The number of fused-ring (bicyclic) bond motifs is 1. The van der Waals surface area contributed by atoms with Gasteiger partial charge in [0.25, 0.3) is 0 Å². The molecule has 3 heteroatoms. The van der Waals surface area contributed by atoms with E-state index in [2.05, 4.69) is 61.9 Å². The SMILES string of the molecule is Cc1cccc(OCc2cn(C(C)C)c3cccc(CN)c23)c1. The molecule has 0 aliphatic heterocycles. The van der Waals surface area contributed by atoms with E-state index in [4.69, 9.17) is 10.5 Å². The second-order valence-electron chi connectivity index (χ2n) is 6.28. The standard InChI is InChI=1S/C20H24N2O/c1-14(2)22-12-17(13-23-18-8-4-6-15(3)10-18)20-16(11-21)7-5-9-19(20)22/h4-10,12,14H,11,13,21H2,1-3H3. The molecule has 23 heavy (non-hydrogen) atoms. The quantitative estimate of drug-likeness (QED) is 0.750. The molecule has 0 atom stereocenters. The Morgan fingerprint density at radius 2 is 1.87 bits per heavy atom. The van der Waals surface area contributed by atoms with Crippen molar-refractivity contribution >= 4 is 10.9 Å². The number of aromatic nitrogens is 1. The van der Waals surface area contributed by atoms with Gasteiger partial charge in [0.15, 0.2) is 0 Å². The zero-order chi connectivity index (χ0) is 16.4. The molecule has 0 amide bonds. The average molecular weight is 308 g/mol. The minimum Gasteiger partial charge on any atom is -0.489 e. The molecule has 120 valence electrons. The molecule has 2 aromatic carbocycles. The van der Waals surface area contributed by atoms with Crippen LogP contribution in [-0.4, -0.2) is 4.57 Å². The summed E-state index contributed by atoms with van der Waals surface area (Å²) in [6.07, 6.45) is 2.20. The molecule has 0 fully saturated rings. The number of ether oxygens (including phenoxy) is 1. The number of hydrogen-bond acceptors (Lipinski definition) is 2. The van der Waals surface area contributed by atoms with E-state index in [1.54, 1.807) is 0 Å². The van der Waals surface area contributed by atoms with Crippen LogP contribution in [-0.2, 0) is 13.2 Å². The number of nitrogens with zero attached hydrogens (tertiary/aromatic N) is 1. The Balaban J connectivity index is 1.99. The van der Waals surface area contributed by atoms with Crippen molar-refractivity contribution in [2.75, 3.05) is 0 Å². The molecule has 0 radical (unpaired) electrons. The number of benzene rings is 2. The van der Waals surface area contributed by atoms with Gasteiger partial charge in [-0.2, -0.15) is 0 Å². The number of nitrogens with two attached hydrogens (primary N) is 1. The van der Waals surface area contributed by atoms with Gasteiger partial charge in [0.1, 0.15) is 12.4 Å². The first kappa shape index (κ1) is 15.6. The first-order valence-corrected chi connectivity index (χ1v) is 8.11. The third-order valence-corrected chi connectivity index (χ3v) is 4.18. The van der Waals surface area contributed by atoms with Gasteiger partial charge < -0.3 is 15.0 Å². The lowest BCUT2D eigenvalue weighted by atomic mass is 10.1. The van der Waals surface area contributed by atoms with E-state index in [9.17, 15) is 0 Å². The Labute approximate surface area is 137 Å². The summed E-state index contributed by atoms with van der Waals surface area (Å²) in [7, 11) is 0. The maximum Gasteiger partial charge on any atom is 0.120 e. The molecule has 2 N–H and O–H groups in total. The Hall–Kier alpha value is -2.26. The Morgan fingerprint density at radius 3 is 2.57 bits per heavy atom. The lowest BCUT2D eigenvalue weighted by Gasteiger charge is -2.09. The summed E-state index contributed by atoms with van der Waals surface area (Å²) in [5.41, 5.74) is 10.7.